The van der Waals surface area contributed by atoms with Gasteiger partial charge in [0.05, 0.1) is 19.9 Å². The number of nitrogens with zero attached hydrogens (tertiary/aromatic N) is 1. The smallest absolute Gasteiger partial charge is 0.293 e. The molecule has 0 fully saturated rings. The Balaban J connectivity index is 3.16. The molecule has 1 aromatic carbocycles. The second-order valence-electron chi connectivity index (χ2n) is 2.85. The van der Waals surface area contributed by atoms with Crippen LogP contribution in [0, 0.1) is 0 Å². The average molecular weight is 274 g/mol. The molecule has 0 aliphatic rings. The first-order chi connectivity index (χ1) is 7.10. The highest BCUT2D eigenvalue weighted by Crippen LogP contribution is 2.32. The molecule has 15 heavy (non-hydrogen) atoms. The van der Waals surface area contributed by atoms with Crippen LogP contribution in [0.15, 0.2) is 18.2 Å². The zero-order chi connectivity index (χ0) is 11.4. The van der Waals surface area contributed by atoms with Crippen molar-refractivity contribution >= 4 is 26.4 Å². The fourth-order valence-electron chi connectivity index (χ4n) is 1.15. The lowest BCUT2D eigenvalue weighted by molar-refractivity contribution is 0.266. The van der Waals surface area contributed by atoms with Crippen molar-refractivity contribution < 1.29 is 14.3 Å². The number of carbonyl (C=O) groups excluding carboxylic acids is 1. The van der Waals surface area contributed by atoms with Crippen LogP contribution in [0.1, 0.15) is 0 Å². The van der Waals surface area contributed by atoms with E-state index in [0.717, 1.165) is 0 Å². The summed E-state index contributed by atoms with van der Waals surface area (Å²) < 4.78 is 10.2. The Hall–Kier alpha value is -1.23. The molecule has 0 saturated heterocycles. The lowest BCUT2D eigenvalue weighted by atomic mass is 10.2. The normalized spacial score (nSPS) is 9.60. The summed E-state index contributed by atoms with van der Waals surface area (Å²) in [6, 6.07) is 5.26. The van der Waals surface area contributed by atoms with Gasteiger partial charge < -0.3 is 14.4 Å². The van der Waals surface area contributed by atoms with Gasteiger partial charge >= 0.3 is 0 Å². The second kappa shape index (κ2) is 5.02. The van der Waals surface area contributed by atoms with Crippen LogP contribution in [0.25, 0.3) is 0 Å². The Morgan fingerprint density at radius 3 is 2.47 bits per heavy atom. The summed E-state index contributed by atoms with van der Waals surface area (Å²) in [6.07, 6.45) is 0. The predicted octanol–water partition coefficient (Wildman–Crippen LogP) is 2.65. The van der Waals surface area contributed by atoms with Crippen LogP contribution >= 0.6 is 15.9 Å². The first-order valence-electron chi connectivity index (χ1n) is 4.25. The number of rotatable bonds is 3. The van der Waals surface area contributed by atoms with Gasteiger partial charge in [0, 0.05) is 29.0 Å². The quantitative estimate of drug-likeness (QED) is 0.628. The van der Waals surface area contributed by atoms with Crippen LogP contribution < -0.4 is 14.4 Å². The van der Waals surface area contributed by atoms with Gasteiger partial charge in [-0.25, -0.2) is 0 Å². The molecule has 0 atom stereocenters. The Morgan fingerprint density at radius 2 is 2.00 bits per heavy atom. The molecule has 0 heterocycles. The monoisotopic (exact) mass is 273 g/mol. The third kappa shape index (κ3) is 2.62. The van der Waals surface area contributed by atoms with E-state index in [1.165, 1.54) is 4.90 Å². The molecule has 1 aromatic rings. The molecular weight excluding hydrogens is 262 g/mol. The summed E-state index contributed by atoms with van der Waals surface area (Å²) in [5.74, 6) is 1.29. The number of benzene rings is 1. The first-order valence-corrected chi connectivity index (χ1v) is 5.04. The van der Waals surface area contributed by atoms with Crippen LogP contribution in [-0.2, 0) is 0 Å². The molecule has 0 radical (unpaired) electrons. The molecule has 0 unspecified atom stereocenters. The number of amides is 1. The van der Waals surface area contributed by atoms with Gasteiger partial charge in [-0.2, -0.15) is 0 Å². The molecule has 4 nitrogen and oxygen atoms in total. The Bertz CT molecular complexity index is 368. The molecule has 0 aliphatic heterocycles. The topological polar surface area (TPSA) is 38.8 Å². The highest BCUT2D eigenvalue weighted by Gasteiger charge is 2.13. The van der Waals surface area contributed by atoms with Crippen molar-refractivity contribution in [1.29, 1.82) is 0 Å². The van der Waals surface area contributed by atoms with Gasteiger partial charge in [0.25, 0.3) is 4.82 Å². The largest absolute Gasteiger partial charge is 0.497 e. The molecule has 5 heteroatoms. The van der Waals surface area contributed by atoms with Crippen molar-refractivity contribution in [2.45, 2.75) is 0 Å². The van der Waals surface area contributed by atoms with Crippen molar-refractivity contribution in [3.63, 3.8) is 0 Å². The van der Waals surface area contributed by atoms with Crippen molar-refractivity contribution in [1.82, 2.24) is 0 Å². The minimum Gasteiger partial charge on any atom is -0.497 e. The van der Waals surface area contributed by atoms with E-state index in [9.17, 15) is 4.79 Å². The number of methoxy groups -OCH3 is 2. The summed E-state index contributed by atoms with van der Waals surface area (Å²) >= 11 is 2.88. The number of anilines is 1. The van der Waals surface area contributed by atoms with Gasteiger partial charge in [0.2, 0.25) is 0 Å². The molecule has 0 aliphatic carbocycles. The lowest BCUT2D eigenvalue weighted by Crippen LogP contribution is -2.19. The van der Waals surface area contributed by atoms with Crippen LogP contribution in [-0.4, -0.2) is 26.1 Å². The highest BCUT2D eigenvalue weighted by atomic mass is 79.9. The van der Waals surface area contributed by atoms with Gasteiger partial charge in [-0.15, -0.1) is 0 Å². The van der Waals surface area contributed by atoms with Gasteiger partial charge in [-0.1, -0.05) is 0 Å². The van der Waals surface area contributed by atoms with Crippen molar-refractivity contribution in [3.8, 4) is 11.5 Å². The van der Waals surface area contributed by atoms with Gasteiger partial charge in [-0.3, -0.25) is 4.79 Å². The summed E-state index contributed by atoms with van der Waals surface area (Å²) in [7, 11) is 4.77. The maximum absolute atomic E-state index is 11.2. The fraction of sp³-hybridized carbons (Fsp3) is 0.300. The summed E-state index contributed by atoms with van der Waals surface area (Å²) in [5, 5.41) is 0. The standard InChI is InChI=1S/C10H12BrNO3/c1-12(10(11)13)8-6-7(14-2)4-5-9(8)15-3/h4-6H,1-3H3. The van der Waals surface area contributed by atoms with E-state index in [1.807, 2.05) is 0 Å². The predicted molar refractivity (Wildman–Crippen MR) is 62.3 cm³/mol. The third-order valence-electron chi connectivity index (χ3n) is 2.01. The van der Waals surface area contributed by atoms with Crippen LogP contribution in [0.3, 0.4) is 0 Å². The molecule has 82 valence electrons. The average Bonchev–Trinajstić information content (AvgIpc) is 2.27. The van der Waals surface area contributed by atoms with Crippen molar-refractivity contribution in [3.05, 3.63) is 18.2 Å². The summed E-state index contributed by atoms with van der Waals surface area (Å²) in [4.78, 5) is 12.3. The minimum absolute atomic E-state index is 0.242. The van der Waals surface area contributed by atoms with E-state index in [2.05, 4.69) is 15.9 Å². The van der Waals surface area contributed by atoms with Crippen LogP contribution in [0.4, 0.5) is 10.5 Å². The maximum Gasteiger partial charge on any atom is 0.293 e. The molecule has 1 rings (SSSR count). The lowest BCUT2D eigenvalue weighted by Gasteiger charge is -2.17. The van der Waals surface area contributed by atoms with E-state index in [-0.39, 0.29) is 4.82 Å². The van der Waals surface area contributed by atoms with E-state index in [0.29, 0.717) is 17.2 Å². The summed E-state index contributed by atoms with van der Waals surface area (Å²) in [5.41, 5.74) is 0.652. The molecule has 0 aromatic heterocycles. The molecule has 0 N–H and O–H groups in total. The van der Waals surface area contributed by atoms with E-state index in [1.54, 1.807) is 39.5 Å². The second-order valence-corrected chi connectivity index (χ2v) is 3.53. The zero-order valence-electron chi connectivity index (χ0n) is 8.78. The minimum atomic E-state index is -0.242. The van der Waals surface area contributed by atoms with E-state index in [4.69, 9.17) is 9.47 Å². The first kappa shape index (κ1) is 11.8. The van der Waals surface area contributed by atoms with Crippen molar-refractivity contribution in [2.75, 3.05) is 26.2 Å². The number of halogens is 1. The fourth-order valence-corrected chi connectivity index (χ4v) is 1.34. The highest BCUT2D eigenvalue weighted by molar-refractivity contribution is 9.18. The molecule has 1 amide bonds. The number of hydrogen-bond donors (Lipinski definition) is 0. The molecule has 0 saturated carbocycles. The van der Waals surface area contributed by atoms with Gasteiger partial charge in [0.15, 0.2) is 0 Å². The molecule has 0 spiro atoms. The van der Waals surface area contributed by atoms with Crippen molar-refractivity contribution in [2.24, 2.45) is 0 Å². The van der Waals surface area contributed by atoms with Crippen LogP contribution in [0.5, 0.6) is 11.5 Å². The summed E-state index contributed by atoms with van der Waals surface area (Å²) in [6.45, 7) is 0. The third-order valence-corrected chi connectivity index (χ3v) is 2.54. The Morgan fingerprint density at radius 1 is 1.33 bits per heavy atom. The Labute approximate surface area is 96.9 Å². The zero-order valence-corrected chi connectivity index (χ0v) is 10.4. The number of ether oxygens (including phenoxy) is 2. The maximum atomic E-state index is 11.2. The molecule has 0 bridgehead atoms. The van der Waals surface area contributed by atoms with Gasteiger partial charge in [0.1, 0.15) is 11.5 Å². The Kier molecular flexibility index (Phi) is 3.96. The SMILES string of the molecule is COc1ccc(OC)c(N(C)C(=O)Br)c1. The number of hydrogen-bond acceptors (Lipinski definition) is 3. The van der Waals surface area contributed by atoms with Gasteiger partial charge in [-0.05, 0) is 12.1 Å². The van der Waals surface area contributed by atoms with E-state index < -0.39 is 0 Å². The van der Waals surface area contributed by atoms with Crippen LogP contribution in [0.2, 0.25) is 0 Å². The number of carbonyl (C=O) groups is 1. The van der Waals surface area contributed by atoms with E-state index >= 15 is 0 Å². The molecular formula is C10H12BrNO3.